The van der Waals surface area contributed by atoms with Crippen LogP contribution in [0.3, 0.4) is 0 Å². The zero-order chi connectivity index (χ0) is 13.2. The van der Waals surface area contributed by atoms with Crippen molar-refractivity contribution in [1.82, 2.24) is 4.90 Å². The second kappa shape index (κ2) is 5.89. The summed E-state index contributed by atoms with van der Waals surface area (Å²) in [6.45, 7) is 6.74. The number of likely N-dealkylation sites (N-methyl/N-ethyl adjacent to an activating group) is 1. The monoisotopic (exact) mass is 254 g/mol. The van der Waals surface area contributed by atoms with E-state index in [0.29, 0.717) is 23.6 Å². The van der Waals surface area contributed by atoms with E-state index in [4.69, 9.17) is 10.5 Å². The van der Waals surface area contributed by atoms with Crippen LogP contribution in [0.5, 0.6) is 0 Å². The van der Waals surface area contributed by atoms with Crippen LogP contribution in [-0.4, -0.2) is 43.3 Å². The molecule has 2 rings (SSSR count). The third kappa shape index (κ3) is 3.69. The molecule has 0 aromatic rings. The van der Waals surface area contributed by atoms with Gasteiger partial charge in [-0.2, -0.15) is 0 Å². The highest BCUT2D eigenvalue weighted by Gasteiger charge is 2.35. The van der Waals surface area contributed by atoms with Gasteiger partial charge in [0.2, 0.25) is 0 Å². The van der Waals surface area contributed by atoms with Crippen LogP contribution in [0, 0.1) is 5.41 Å². The largest absolute Gasteiger partial charge is 0.377 e. The molecule has 0 amide bonds. The number of hydrogen-bond donors (Lipinski definition) is 1. The average molecular weight is 254 g/mol. The van der Waals surface area contributed by atoms with E-state index in [1.807, 2.05) is 0 Å². The van der Waals surface area contributed by atoms with Gasteiger partial charge in [0, 0.05) is 25.2 Å². The average Bonchev–Trinajstić information content (AvgIpc) is 2.33. The van der Waals surface area contributed by atoms with Crippen molar-refractivity contribution in [2.45, 2.75) is 70.6 Å². The summed E-state index contributed by atoms with van der Waals surface area (Å²) in [5.41, 5.74) is 6.77. The van der Waals surface area contributed by atoms with Gasteiger partial charge in [-0.25, -0.2) is 0 Å². The lowest BCUT2D eigenvalue weighted by Gasteiger charge is -2.44. The van der Waals surface area contributed by atoms with Crippen molar-refractivity contribution in [1.29, 1.82) is 0 Å². The summed E-state index contributed by atoms with van der Waals surface area (Å²) in [4.78, 5) is 2.46. The quantitative estimate of drug-likeness (QED) is 0.840. The van der Waals surface area contributed by atoms with Gasteiger partial charge in [0.15, 0.2) is 0 Å². The zero-order valence-corrected chi connectivity index (χ0v) is 12.3. The Hall–Kier alpha value is -0.120. The molecule has 1 saturated carbocycles. The van der Waals surface area contributed by atoms with E-state index in [-0.39, 0.29) is 0 Å². The Kier molecular flexibility index (Phi) is 4.68. The fraction of sp³-hybridized carbons (Fsp3) is 1.00. The van der Waals surface area contributed by atoms with Gasteiger partial charge < -0.3 is 10.5 Å². The normalized spacial score (nSPS) is 36.8. The van der Waals surface area contributed by atoms with Crippen molar-refractivity contribution in [2.75, 3.05) is 20.2 Å². The topological polar surface area (TPSA) is 38.5 Å². The summed E-state index contributed by atoms with van der Waals surface area (Å²) in [6, 6.07) is 0.867. The number of rotatable bonds is 3. The Balaban J connectivity index is 1.87. The molecule has 0 bridgehead atoms. The van der Waals surface area contributed by atoms with E-state index in [1.165, 1.54) is 32.1 Å². The first-order valence-corrected chi connectivity index (χ1v) is 7.55. The first kappa shape index (κ1) is 14.3. The lowest BCUT2D eigenvalue weighted by molar-refractivity contribution is -0.0186. The van der Waals surface area contributed by atoms with Crippen molar-refractivity contribution in [3.05, 3.63) is 0 Å². The first-order chi connectivity index (χ1) is 8.48. The van der Waals surface area contributed by atoms with Crippen molar-refractivity contribution < 1.29 is 4.74 Å². The van der Waals surface area contributed by atoms with Crippen molar-refractivity contribution in [2.24, 2.45) is 11.1 Å². The molecule has 0 aromatic carbocycles. The zero-order valence-electron chi connectivity index (χ0n) is 12.3. The summed E-state index contributed by atoms with van der Waals surface area (Å²) in [7, 11) is 2.23. The molecule has 3 heteroatoms. The minimum absolute atomic E-state index is 0.339. The molecule has 1 aliphatic carbocycles. The highest BCUT2D eigenvalue weighted by molar-refractivity contribution is 4.92. The molecule has 0 radical (unpaired) electrons. The number of hydrogen-bond acceptors (Lipinski definition) is 3. The maximum Gasteiger partial charge on any atom is 0.0702 e. The molecule has 3 atom stereocenters. The maximum atomic E-state index is 6.32. The molecular formula is C15H30N2O. The highest BCUT2D eigenvalue weighted by atomic mass is 16.5. The van der Waals surface area contributed by atoms with Gasteiger partial charge in [-0.3, -0.25) is 4.90 Å². The van der Waals surface area contributed by atoms with E-state index in [2.05, 4.69) is 25.8 Å². The molecular weight excluding hydrogens is 224 g/mol. The molecule has 18 heavy (non-hydrogen) atoms. The Labute approximate surface area is 112 Å². The first-order valence-electron chi connectivity index (χ1n) is 7.55. The highest BCUT2D eigenvalue weighted by Crippen LogP contribution is 2.36. The fourth-order valence-electron chi connectivity index (χ4n) is 3.46. The van der Waals surface area contributed by atoms with Gasteiger partial charge in [0.25, 0.3) is 0 Å². The SMILES string of the molecule is CN(CC1CCCCO1)C1CC(C)(C)CCC1N. The van der Waals surface area contributed by atoms with Crippen LogP contribution >= 0.6 is 0 Å². The lowest BCUT2D eigenvalue weighted by atomic mass is 9.72. The third-order valence-corrected chi connectivity index (χ3v) is 4.74. The summed E-state index contributed by atoms with van der Waals surface area (Å²) in [5, 5.41) is 0. The Bertz CT molecular complexity index is 261. The molecule has 1 saturated heterocycles. The molecule has 0 aromatic heterocycles. The smallest absolute Gasteiger partial charge is 0.0702 e. The molecule has 1 heterocycles. The standard InChI is InChI=1S/C15H30N2O/c1-15(2)8-7-13(16)14(10-15)17(3)11-12-6-4-5-9-18-12/h12-14H,4-11,16H2,1-3H3. The van der Waals surface area contributed by atoms with Gasteiger partial charge >= 0.3 is 0 Å². The molecule has 3 nitrogen and oxygen atoms in total. The van der Waals surface area contributed by atoms with Crippen LogP contribution in [0.15, 0.2) is 0 Å². The fourth-order valence-corrected chi connectivity index (χ4v) is 3.46. The van der Waals surface area contributed by atoms with Crippen molar-refractivity contribution in [3.8, 4) is 0 Å². The van der Waals surface area contributed by atoms with Gasteiger partial charge in [0.1, 0.15) is 0 Å². The molecule has 1 aliphatic heterocycles. The predicted molar refractivity (Wildman–Crippen MR) is 75.6 cm³/mol. The molecule has 106 valence electrons. The molecule has 2 fully saturated rings. The van der Waals surface area contributed by atoms with Crippen LogP contribution in [0.2, 0.25) is 0 Å². The van der Waals surface area contributed by atoms with Crippen LogP contribution in [-0.2, 0) is 4.74 Å². The van der Waals surface area contributed by atoms with Crippen LogP contribution in [0.25, 0.3) is 0 Å². The maximum absolute atomic E-state index is 6.32. The number of nitrogens with two attached hydrogens (primary N) is 1. The summed E-state index contributed by atoms with van der Waals surface area (Å²) in [6.07, 6.45) is 7.84. The number of ether oxygens (including phenoxy) is 1. The van der Waals surface area contributed by atoms with Gasteiger partial charge in [-0.1, -0.05) is 13.8 Å². The van der Waals surface area contributed by atoms with Crippen LogP contribution in [0.4, 0.5) is 0 Å². The van der Waals surface area contributed by atoms with E-state index in [9.17, 15) is 0 Å². The van der Waals surface area contributed by atoms with Crippen LogP contribution in [0.1, 0.15) is 52.4 Å². The van der Waals surface area contributed by atoms with E-state index in [1.54, 1.807) is 0 Å². The van der Waals surface area contributed by atoms with Crippen LogP contribution < -0.4 is 5.73 Å². The third-order valence-electron chi connectivity index (χ3n) is 4.74. The van der Waals surface area contributed by atoms with Crippen molar-refractivity contribution >= 4 is 0 Å². The predicted octanol–water partition coefficient (Wildman–Crippen LogP) is 2.39. The van der Waals surface area contributed by atoms with Gasteiger partial charge in [-0.05, 0) is 51.0 Å². The molecule has 3 unspecified atom stereocenters. The molecule has 2 aliphatic rings. The minimum Gasteiger partial charge on any atom is -0.377 e. The Morgan fingerprint density at radius 3 is 2.72 bits per heavy atom. The Morgan fingerprint density at radius 2 is 2.06 bits per heavy atom. The van der Waals surface area contributed by atoms with E-state index in [0.717, 1.165) is 19.6 Å². The molecule has 0 spiro atoms. The molecule has 2 N–H and O–H groups in total. The summed E-state index contributed by atoms with van der Waals surface area (Å²) in [5.74, 6) is 0. The van der Waals surface area contributed by atoms with Gasteiger partial charge in [-0.15, -0.1) is 0 Å². The van der Waals surface area contributed by atoms with Gasteiger partial charge in [0.05, 0.1) is 6.10 Å². The Morgan fingerprint density at radius 1 is 1.28 bits per heavy atom. The minimum atomic E-state index is 0.339. The lowest BCUT2D eigenvalue weighted by Crippen LogP contribution is -2.53. The number of nitrogens with zero attached hydrogens (tertiary/aromatic N) is 1. The van der Waals surface area contributed by atoms with E-state index >= 15 is 0 Å². The van der Waals surface area contributed by atoms with Crippen molar-refractivity contribution in [3.63, 3.8) is 0 Å². The summed E-state index contributed by atoms with van der Waals surface area (Å²) >= 11 is 0. The van der Waals surface area contributed by atoms with E-state index < -0.39 is 0 Å². The second-order valence-corrected chi connectivity index (χ2v) is 7.07. The summed E-state index contributed by atoms with van der Waals surface area (Å²) < 4.78 is 5.84. The second-order valence-electron chi connectivity index (χ2n) is 7.07.